The number of nitrogens with two attached hydrogens (primary N) is 1. The molecule has 2 fully saturated rings. The van der Waals surface area contributed by atoms with Crippen molar-refractivity contribution in [2.75, 3.05) is 54.9 Å². The maximum Gasteiger partial charge on any atom is 0.218 e. The van der Waals surface area contributed by atoms with Gasteiger partial charge in [0.1, 0.15) is 71.6 Å². The van der Waals surface area contributed by atoms with Crippen molar-refractivity contribution < 1.29 is 36.6 Å². The molecule has 0 radical (unpaired) electrons. The van der Waals surface area contributed by atoms with Gasteiger partial charge < -0.3 is 29.7 Å². The van der Waals surface area contributed by atoms with Crippen LogP contribution in [0.25, 0.3) is 0 Å². The lowest BCUT2D eigenvalue weighted by molar-refractivity contribution is -0.192. The van der Waals surface area contributed by atoms with Gasteiger partial charge in [0.2, 0.25) is 11.6 Å². The number of piperazine rings is 1. The van der Waals surface area contributed by atoms with Gasteiger partial charge in [-0.3, -0.25) is 4.79 Å². The predicted molar refractivity (Wildman–Crippen MR) is 172 cm³/mol. The summed E-state index contributed by atoms with van der Waals surface area (Å²) in [5.41, 5.74) is 6.79. The number of ether oxygens (including phenoxy) is 3. The Morgan fingerprint density at radius 2 is 1.67 bits per heavy atom. The number of rotatable bonds is 10. The first-order valence-corrected chi connectivity index (χ1v) is 16.1. The number of aromatic nitrogens is 4. The van der Waals surface area contributed by atoms with E-state index >= 15 is 0 Å². The molecule has 16 heteroatoms. The zero-order chi connectivity index (χ0) is 34.1. The molecule has 0 saturated carbocycles. The third-order valence-corrected chi connectivity index (χ3v) is 9.38. The molecular formula is C33H29F4N7O4S. The van der Waals surface area contributed by atoms with Crippen LogP contribution in [0, 0.1) is 23.3 Å². The van der Waals surface area contributed by atoms with E-state index in [4.69, 9.17) is 19.9 Å². The monoisotopic (exact) mass is 695 g/mol. The van der Waals surface area contributed by atoms with Crippen LogP contribution >= 0.6 is 11.3 Å². The van der Waals surface area contributed by atoms with Crippen molar-refractivity contribution in [1.82, 2.24) is 19.7 Å². The van der Waals surface area contributed by atoms with Crippen molar-refractivity contribution in [2.45, 2.75) is 18.4 Å². The van der Waals surface area contributed by atoms with E-state index in [9.17, 15) is 22.4 Å². The van der Waals surface area contributed by atoms with Gasteiger partial charge in [-0.05, 0) is 48.5 Å². The number of hydrogen-bond donors (Lipinski definition) is 1. The zero-order valence-electron chi connectivity index (χ0n) is 25.8. The second-order valence-electron chi connectivity index (χ2n) is 11.5. The molecule has 11 nitrogen and oxygen atoms in total. The van der Waals surface area contributed by atoms with Crippen LogP contribution < -0.4 is 20.3 Å². The Bertz CT molecular complexity index is 1960. The molecule has 0 unspecified atom stereocenters. The number of carbonyl (C=O) groups excluding carboxylic acids is 1. The van der Waals surface area contributed by atoms with E-state index in [0.717, 1.165) is 41.3 Å². The molecule has 7 rings (SSSR count). The number of ketones is 1. The summed E-state index contributed by atoms with van der Waals surface area (Å²) in [6.07, 6.45) is 2.24. The quantitative estimate of drug-likeness (QED) is 0.162. The molecule has 2 aliphatic heterocycles. The fourth-order valence-electron chi connectivity index (χ4n) is 5.79. The fourth-order valence-corrected chi connectivity index (χ4v) is 6.79. The van der Waals surface area contributed by atoms with Gasteiger partial charge in [0.05, 0.1) is 12.2 Å². The summed E-state index contributed by atoms with van der Waals surface area (Å²) < 4.78 is 75.7. The molecule has 0 aliphatic carbocycles. The van der Waals surface area contributed by atoms with E-state index in [1.54, 1.807) is 0 Å². The minimum Gasteiger partial charge on any atom is -0.491 e. The maximum atomic E-state index is 14.9. The van der Waals surface area contributed by atoms with E-state index in [0.29, 0.717) is 43.1 Å². The second-order valence-corrected chi connectivity index (χ2v) is 12.4. The number of thiazole rings is 1. The van der Waals surface area contributed by atoms with Crippen LogP contribution in [0.3, 0.4) is 0 Å². The number of halogens is 4. The lowest BCUT2D eigenvalue weighted by atomic mass is 10.0. The Hall–Kier alpha value is -5.06. The molecule has 2 atom stereocenters. The number of benzene rings is 3. The summed E-state index contributed by atoms with van der Waals surface area (Å²) >= 11 is 1.08. The number of carbonyl (C=O) groups is 1. The average Bonchev–Trinajstić information content (AvgIpc) is 3.85. The van der Waals surface area contributed by atoms with Gasteiger partial charge in [0, 0.05) is 49.6 Å². The van der Waals surface area contributed by atoms with Crippen molar-refractivity contribution in [3.8, 4) is 5.75 Å². The number of hydrogen-bond acceptors (Lipinski definition) is 11. The molecule has 2 aromatic heterocycles. The van der Waals surface area contributed by atoms with Gasteiger partial charge in [-0.25, -0.2) is 32.2 Å². The molecule has 2 N–H and O–H groups in total. The maximum absolute atomic E-state index is 14.9. The Balaban J connectivity index is 0.941. The molecule has 4 heterocycles. The molecular weight excluding hydrogens is 666 g/mol. The van der Waals surface area contributed by atoms with Gasteiger partial charge in [-0.15, -0.1) is 0 Å². The Labute approximate surface area is 281 Å². The SMILES string of the molecule is Nc1nc(N2CCN(c3ccc(OC[C@@H]4CO[C@@](Cn5cncn5)(c5ccc(F)cc5F)O4)cc3)CC2)sc1C(=O)c1ccc(F)cc1F. The highest BCUT2D eigenvalue weighted by molar-refractivity contribution is 7.18. The largest absolute Gasteiger partial charge is 0.491 e. The first-order chi connectivity index (χ1) is 23.7. The molecule has 254 valence electrons. The molecule has 5 aromatic rings. The minimum atomic E-state index is -1.55. The summed E-state index contributed by atoms with van der Waals surface area (Å²) in [6, 6.07) is 13.6. The highest BCUT2D eigenvalue weighted by atomic mass is 32.1. The lowest BCUT2D eigenvalue weighted by Crippen LogP contribution is -2.46. The number of nitrogens with zero attached hydrogens (tertiary/aromatic N) is 6. The molecule has 0 amide bonds. The van der Waals surface area contributed by atoms with E-state index < -0.39 is 40.9 Å². The van der Waals surface area contributed by atoms with Crippen molar-refractivity contribution in [2.24, 2.45) is 0 Å². The summed E-state index contributed by atoms with van der Waals surface area (Å²) in [5.74, 6) is -4.82. The number of anilines is 3. The highest BCUT2D eigenvalue weighted by Crippen LogP contribution is 2.38. The molecule has 2 aliphatic rings. The van der Waals surface area contributed by atoms with E-state index in [2.05, 4.69) is 20.0 Å². The average molecular weight is 696 g/mol. The van der Waals surface area contributed by atoms with Crippen molar-refractivity contribution in [3.63, 3.8) is 0 Å². The minimum absolute atomic E-state index is 0.000784. The Kier molecular flexibility index (Phi) is 8.92. The zero-order valence-corrected chi connectivity index (χ0v) is 26.6. The first kappa shape index (κ1) is 32.5. The first-order valence-electron chi connectivity index (χ1n) is 15.3. The normalized spacial score (nSPS) is 19.4. The Morgan fingerprint density at radius 3 is 2.37 bits per heavy atom. The highest BCUT2D eigenvalue weighted by Gasteiger charge is 2.46. The van der Waals surface area contributed by atoms with Crippen LogP contribution in [0.1, 0.15) is 20.8 Å². The van der Waals surface area contributed by atoms with Crippen LogP contribution in [0.4, 0.5) is 34.2 Å². The van der Waals surface area contributed by atoms with Crippen LogP contribution in [0.5, 0.6) is 5.75 Å². The topological polar surface area (TPSA) is 121 Å². The van der Waals surface area contributed by atoms with Gasteiger partial charge in [-0.1, -0.05) is 11.3 Å². The molecule has 49 heavy (non-hydrogen) atoms. The smallest absolute Gasteiger partial charge is 0.218 e. The third kappa shape index (κ3) is 6.79. The summed E-state index contributed by atoms with van der Waals surface area (Å²) in [5, 5.41) is 4.63. The lowest BCUT2D eigenvalue weighted by Gasteiger charge is -2.36. The number of nitrogen functional groups attached to an aromatic ring is 1. The van der Waals surface area contributed by atoms with Gasteiger partial charge >= 0.3 is 0 Å². The van der Waals surface area contributed by atoms with Crippen LogP contribution in [0.2, 0.25) is 0 Å². The predicted octanol–water partition coefficient (Wildman–Crippen LogP) is 4.78. The van der Waals surface area contributed by atoms with Crippen molar-refractivity contribution in [3.05, 3.63) is 113 Å². The van der Waals surface area contributed by atoms with Crippen LogP contribution in [0.15, 0.2) is 73.3 Å². The standard InChI is InChI=1S/C33H29F4N7O4S/c34-20-1-7-25(27(36)13-20)29(45)30-31(38)41-32(49-30)43-11-9-42(10-12-43)22-3-5-23(6-4-22)46-15-24-16-47-33(48-24,17-44-19-39-18-40-44)26-8-2-21(35)14-28(26)37/h1-8,13-14,18-19,24H,9-12,15-17,38H2/t24-,33-/m1/s1. The van der Waals surface area contributed by atoms with E-state index in [1.165, 1.54) is 23.4 Å². The fraction of sp³-hybridized carbons (Fsp3) is 0.273. The van der Waals surface area contributed by atoms with Crippen LogP contribution in [-0.2, 0) is 21.8 Å². The molecule has 2 saturated heterocycles. The Morgan fingerprint density at radius 1 is 0.959 bits per heavy atom. The van der Waals surface area contributed by atoms with Gasteiger partial charge in [0.15, 0.2) is 5.13 Å². The summed E-state index contributed by atoms with van der Waals surface area (Å²) in [7, 11) is 0. The van der Waals surface area contributed by atoms with Crippen molar-refractivity contribution in [1.29, 1.82) is 0 Å². The van der Waals surface area contributed by atoms with Gasteiger partial charge in [-0.2, -0.15) is 5.10 Å². The van der Waals surface area contributed by atoms with E-state index in [-0.39, 0.29) is 41.6 Å². The third-order valence-electron chi connectivity index (χ3n) is 8.25. The van der Waals surface area contributed by atoms with Crippen molar-refractivity contribution >= 4 is 33.8 Å². The van der Waals surface area contributed by atoms with Crippen LogP contribution in [-0.4, -0.2) is 71.0 Å². The molecule has 3 aromatic carbocycles. The summed E-state index contributed by atoms with van der Waals surface area (Å²) in [6.45, 7) is 2.76. The second kappa shape index (κ2) is 13.4. The molecule has 0 bridgehead atoms. The van der Waals surface area contributed by atoms with E-state index in [1.807, 2.05) is 29.2 Å². The molecule has 0 spiro atoms. The van der Waals surface area contributed by atoms with Gasteiger partial charge in [0.25, 0.3) is 0 Å². The summed E-state index contributed by atoms with van der Waals surface area (Å²) in [4.78, 5) is 25.5.